The second kappa shape index (κ2) is 6.42. The molecule has 0 unspecified atom stereocenters. The number of nitrogens with one attached hydrogen (secondary N) is 1. The fourth-order valence-electron chi connectivity index (χ4n) is 0.754. The van der Waals surface area contributed by atoms with Crippen LogP contribution in [0.5, 0.6) is 0 Å². The van der Waals surface area contributed by atoms with Gasteiger partial charge in [-0.3, -0.25) is 15.0 Å². The first-order valence-corrected chi connectivity index (χ1v) is 4.18. The Hall–Kier alpha value is -1.10. The van der Waals surface area contributed by atoms with Gasteiger partial charge in [0.2, 0.25) is 5.91 Å². The van der Waals surface area contributed by atoms with Gasteiger partial charge in [-0.1, -0.05) is 0 Å². The van der Waals surface area contributed by atoms with E-state index in [9.17, 15) is 9.59 Å². The molecule has 76 valence electrons. The van der Waals surface area contributed by atoms with Crippen molar-refractivity contribution in [3.05, 3.63) is 0 Å². The average Bonchev–Trinajstić information content (AvgIpc) is 2.00. The molecule has 1 amide bonds. The van der Waals surface area contributed by atoms with E-state index in [-0.39, 0.29) is 24.7 Å². The zero-order valence-corrected chi connectivity index (χ0v) is 8.29. The molecule has 0 radical (unpaired) electrons. The molecule has 0 aliphatic carbocycles. The van der Waals surface area contributed by atoms with Crippen molar-refractivity contribution in [3.8, 4) is 0 Å². The lowest BCUT2D eigenvalue weighted by Gasteiger charge is -2.10. The first-order valence-electron chi connectivity index (χ1n) is 4.18. The Morgan fingerprint density at radius 3 is 2.38 bits per heavy atom. The molecule has 0 rings (SSSR count). The molecule has 0 aliphatic rings. The van der Waals surface area contributed by atoms with Gasteiger partial charge in [0.1, 0.15) is 0 Å². The van der Waals surface area contributed by atoms with Crippen molar-refractivity contribution in [3.63, 3.8) is 0 Å². The normalized spacial score (nSPS) is 9.85. The molecule has 0 aromatic rings. The van der Waals surface area contributed by atoms with Crippen molar-refractivity contribution < 1.29 is 14.3 Å². The maximum atomic E-state index is 11.0. The minimum absolute atomic E-state index is 0.132. The van der Waals surface area contributed by atoms with Crippen LogP contribution in [0.4, 0.5) is 0 Å². The van der Waals surface area contributed by atoms with Crippen LogP contribution in [-0.2, 0) is 14.3 Å². The first kappa shape index (κ1) is 11.9. The summed E-state index contributed by atoms with van der Waals surface area (Å²) in [5, 5.41) is 1.54. The number of ether oxygens (including phenoxy) is 1. The molecule has 0 aromatic heterocycles. The number of carbonyl (C=O) groups is 2. The van der Waals surface area contributed by atoms with Crippen molar-refractivity contribution in [2.75, 3.05) is 20.7 Å². The van der Waals surface area contributed by atoms with Gasteiger partial charge in [-0.2, -0.15) is 0 Å². The van der Waals surface area contributed by atoms with Crippen molar-refractivity contribution in [1.82, 2.24) is 10.4 Å². The minimum atomic E-state index is -0.337. The summed E-state index contributed by atoms with van der Waals surface area (Å²) in [5.74, 6) is -0.519. The Labute approximate surface area is 78.0 Å². The van der Waals surface area contributed by atoms with Gasteiger partial charge in [0.25, 0.3) is 0 Å². The standard InChI is InChI=1S/C8H16N2O3/c1-4-13-8(12)6-5-7(11)9-10(2)3/h4-6H2,1-3H3,(H,9,11). The number of carbonyl (C=O) groups excluding carboxylic acids is 2. The topological polar surface area (TPSA) is 58.6 Å². The highest BCUT2D eigenvalue weighted by molar-refractivity contribution is 5.80. The second-order valence-electron chi connectivity index (χ2n) is 2.73. The van der Waals surface area contributed by atoms with Crippen molar-refractivity contribution in [2.24, 2.45) is 0 Å². The molecule has 0 heterocycles. The van der Waals surface area contributed by atoms with Gasteiger partial charge in [0, 0.05) is 20.5 Å². The van der Waals surface area contributed by atoms with Crippen LogP contribution in [0.15, 0.2) is 0 Å². The molecule has 13 heavy (non-hydrogen) atoms. The Morgan fingerprint density at radius 1 is 1.31 bits per heavy atom. The van der Waals surface area contributed by atoms with Gasteiger partial charge >= 0.3 is 5.97 Å². The number of esters is 1. The minimum Gasteiger partial charge on any atom is -0.466 e. The number of nitrogens with zero attached hydrogens (tertiary/aromatic N) is 1. The monoisotopic (exact) mass is 188 g/mol. The van der Waals surface area contributed by atoms with Gasteiger partial charge in [-0.15, -0.1) is 0 Å². The number of rotatable bonds is 5. The largest absolute Gasteiger partial charge is 0.466 e. The average molecular weight is 188 g/mol. The van der Waals surface area contributed by atoms with E-state index in [4.69, 9.17) is 0 Å². The molecule has 5 heteroatoms. The van der Waals surface area contributed by atoms with Crippen LogP contribution in [0.1, 0.15) is 19.8 Å². The molecule has 1 N–H and O–H groups in total. The summed E-state index contributed by atoms with van der Waals surface area (Å²) < 4.78 is 4.66. The van der Waals surface area contributed by atoms with Gasteiger partial charge in [-0.05, 0) is 6.92 Å². The lowest BCUT2D eigenvalue weighted by atomic mass is 10.3. The number of amides is 1. The third-order valence-corrected chi connectivity index (χ3v) is 1.21. The van der Waals surface area contributed by atoms with Crippen LogP contribution in [0.2, 0.25) is 0 Å². The fourth-order valence-corrected chi connectivity index (χ4v) is 0.754. The number of hydrazine groups is 1. The molecule has 0 fully saturated rings. The van der Waals surface area contributed by atoms with E-state index >= 15 is 0 Å². The number of hydrogen-bond donors (Lipinski definition) is 1. The van der Waals surface area contributed by atoms with Crippen LogP contribution in [0.3, 0.4) is 0 Å². The van der Waals surface area contributed by atoms with Gasteiger partial charge in [0.05, 0.1) is 13.0 Å². The highest BCUT2D eigenvalue weighted by atomic mass is 16.5. The third-order valence-electron chi connectivity index (χ3n) is 1.21. The zero-order chi connectivity index (χ0) is 10.3. The van der Waals surface area contributed by atoms with E-state index in [0.717, 1.165) is 0 Å². The second-order valence-corrected chi connectivity index (χ2v) is 2.73. The Balaban J connectivity index is 3.52. The zero-order valence-electron chi connectivity index (χ0n) is 8.29. The molecule has 5 nitrogen and oxygen atoms in total. The molecular weight excluding hydrogens is 172 g/mol. The maximum Gasteiger partial charge on any atom is 0.306 e. The number of hydrogen-bond acceptors (Lipinski definition) is 4. The van der Waals surface area contributed by atoms with E-state index in [0.29, 0.717) is 6.61 Å². The summed E-state index contributed by atoms with van der Waals surface area (Å²) in [6.07, 6.45) is 0.296. The highest BCUT2D eigenvalue weighted by Crippen LogP contribution is 1.92. The van der Waals surface area contributed by atoms with Crippen molar-refractivity contribution >= 4 is 11.9 Å². The van der Waals surface area contributed by atoms with E-state index in [1.54, 1.807) is 21.0 Å². The van der Waals surface area contributed by atoms with Crippen LogP contribution >= 0.6 is 0 Å². The van der Waals surface area contributed by atoms with E-state index in [1.807, 2.05) is 0 Å². The van der Waals surface area contributed by atoms with Crippen molar-refractivity contribution in [1.29, 1.82) is 0 Å². The lowest BCUT2D eigenvalue weighted by molar-refractivity contribution is -0.144. The Bertz CT molecular complexity index is 180. The maximum absolute atomic E-state index is 11.0. The molecule has 0 saturated carbocycles. The van der Waals surface area contributed by atoms with Crippen molar-refractivity contribution in [2.45, 2.75) is 19.8 Å². The molecule has 0 saturated heterocycles. The quantitative estimate of drug-likeness (QED) is 0.484. The summed E-state index contributed by atoms with van der Waals surface area (Å²) in [6, 6.07) is 0. The van der Waals surface area contributed by atoms with Gasteiger partial charge in [-0.25, -0.2) is 5.01 Å². The molecule has 0 atom stereocenters. The predicted octanol–water partition coefficient (Wildman–Crippen LogP) is -0.0775. The van der Waals surface area contributed by atoms with Crippen LogP contribution in [-0.4, -0.2) is 37.6 Å². The van der Waals surface area contributed by atoms with E-state index in [2.05, 4.69) is 10.2 Å². The summed E-state index contributed by atoms with van der Waals surface area (Å²) in [5.41, 5.74) is 2.53. The predicted molar refractivity (Wildman–Crippen MR) is 47.7 cm³/mol. The summed E-state index contributed by atoms with van der Waals surface area (Å²) in [4.78, 5) is 21.8. The molecule has 0 spiro atoms. The molecule has 0 bridgehead atoms. The van der Waals surface area contributed by atoms with E-state index in [1.165, 1.54) is 5.01 Å². The smallest absolute Gasteiger partial charge is 0.306 e. The van der Waals surface area contributed by atoms with Gasteiger partial charge < -0.3 is 4.74 Å². The fraction of sp³-hybridized carbons (Fsp3) is 0.750. The third kappa shape index (κ3) is 7.27. The van der Waals surface area contributed by atoms with E-state index < -0.39 is 0 Å². The Morgan fingerprint density at radius 2 is 1.92 bits per heavy atom. The lowest BCUT2D eigenvalue weighted by Crippen LogP contribution is -2.36. The molecule has 0 aliphatic heterocycles. The van der Waals surface area contributed by atoms with Crippen LogP contribution in [0.25, 0.3) is 0 Å². The Kier molecular flexibility index (Phi) is 5.88. The van der Waals surface area contributed by atoms with Crippen LogP contribution in [0, 0.1) is 0 Å². The summed E-state index contributed by atoms with van der Waals surface area (Å²) in [7, 11) is 3.42. The molecule has 0 aromatic carbocycles. The molecular formula is C8H16N2O3. The summed E-state index contributed by atoms with van der Waals surface area (Å²) >= 11 is 0. The van der Waals surface area contributed by atoms with Crippen LogP contribution < -0.4 is 5.43 Å². The van der Waals surface area contributed by atoms with Gasteiger partial charge in [0.15, 0.2) is 0 Å². The highest BCUT2D eigenvalue weighted by Gasteiger charge is 2.07. The summed E-state index contributed by atoms with van der Waals surface area (Å²) in [6.45, 7) is 2.09. The SMILES string of the molecule is CCOC(=O)CCC(=O)NN(C)C. The first-order chi connectivity index (χ1) is 6.06.